The van der Waals surface area contributed by atoms with Gasteiger partial charge in [-0.3, -0.25) is 4.99 Å². The zero-order valence-electron chi connectivity index (χ0n) is 14.7. The molecule has 2 N–H and O–H groups in total. The molecule has 0 atom stereocenters. The van der Waals surface area contributed by atoms with E-state index in [0.717, 1.165) is 44.4 Å². The quantitative estimate of drug-likeness (QED) is 0.337. The van der Waals surface area contributed by atoms with Gasteiger partial charge in [-0.15, -0.1) is 24.0 Å². The van der Waals surface area contributed by atoms with Gasteiger partial charge in [-0.2, -0.15) is 0 Å². The smallest absolute Gasteiger partial charge is 0.191 e. The number of halogens is 1. The molecule has 0 aliphatic carbocycles. The highest BCUT2D eigenvalue weighted by Crippen LogP contribution is 2.16. The van der Waals surface area contributed by atoms with Gasteiger partial charge in [0.1, 0.15) is 0 Å². The Morgan fingerprint density at radius 2 is 1.83 bits per heavy atom. The number of benzene rings is 1. The normalized spacial score (nSPS) is 16.1. The van der Waals surface area contributed by atoms with Gasteiger partial charge in [-0.25, -0.2) is 0 Å². The van der Waals surface area contributed by atoms with Crippen LogP contribution in [0, 0.1) is 5.92 Å². The molecule has 0 bridgehead atoms. The maximum Gasteiger partial charge on any atom is 0.191 e. The molecule has 0 spiro atoms. The summed E-state index contributed by atoms with van der Waals surface area (Å²) in [4.78, 5) is 8.89. The van der Waals surface area contributed by atoms with Gasteiger partial charge in [-0.05, 0) is 49.3 Å². The summed E-state index contributed by atoms with van der Waals surface area (Å²) in [5.41, 5.74) is 8.70. The van der Waals surface area contributed by atoms with Crippen LogP contribution in [0.25, 0.3) is 0 Å². The highest BCUT2D eigenvalue weighted by atomic mass is 127. The molecule has 0 radical (unpaired) electrons. The summed E-state index contributed by atoms with van der Waals surface area (Å²) in [6.45, 7) is 5.24. The lowest BCUT2D eigenvalue weighted by atomic mass is 10.00. The van der Waals surface area contributed by atoms with Crippen LogP contribution in [0.15, 0.2) is 29.3 Å². The molecule has 1 aromatic carbocycles. The molecule has 1 fully saturated rings. The topological polar surface area (TPSA) is 44.9 Å². The highest BCUT2D eigenvalue weighted by Gasteiger charge is 2.16. The molecule has 2 rings (SSSR count). The van der Waals surface area contributed by atoms with E-state index in [1.165, 1.54) is 24.1 Å². The molecule has 1 aromatic rings. The van der Waals surface area contributed by atoms with E-state index < -0.39 is 0 Å². The number of anilines is 1. The number of aryl methyl sites for hydroxylation is 1. The third kappa shape index (κ3) is 6.57. The molecule has 0 aromatic heterocycles. The molecule has 0 unspecified atom stereocenters. The number of hydrogen-bond acceptors (Lipinski definition) is 2. The molecule has 1 heterocycles. The van der Waals surface area contributed by atoms with Gasteiger partial charge in [0.2, 0.25) is 0 Å². The molecule has 0 amide bonds. The number of aliphatic imine (C=N–C) groups is 1. The average molecular weight is 430 g/mol. The fourth-order valence-electron chi connectivity index (χ4n) is 2.78. The highest BCUT2D eigenvalue weighted by molar-refractivity contribution is 14.0. The molecular weight excluding hydrogens is 399 g/mol. The van der Waals surface area contributed by atoms with Gasteiger partial charge < -0.3 is 15.5 Å². The Balaban J connectivity index is 0.00000264. The molecule has 1 aliphatic heterocycles. The first-order chi connectivity index (χ1) is 10.6. The summed E-state index contributed by atoms with van der Waals surface area (Å²) in [5.74, 6) is 1.56. The van der Waals surface area contributed by atoms with Crippen molar-refractivity contribution >= 4 is 35.6 Å². The molecule has 1 saturated heterocycles. The van der Waals surface area contributed by atoms with Gasteiger partial charge in [0.25, 0.3) is 0 Å². The second-order valence-electron chi connectivity index (χ2n) is 6.57. The van der Waals surface area contributed by atoms with Crippen LogP contribution in [-0.4, -0.2) is 44.6 Å². The maximum absolute atomic E-state index is 6.10. The van der Waals surface area contributed by atoms with Gasteiger partial charge in [0, 0.05) is 39.4 Å². The molecule has 5 heteroatoms. The van der Waals surface area contributed by atoms with E-state index in [9.17, 15) is 0 Å². The van der Waals surface area contributed by atoms with Crippen molar-refractivity contribution in [2.75, 3.05) is 38.6 Å². The van der Waals surface area contributed by atoms with E-state index in [2.05, 4.69) is 60.1 Å². The van der Waals surface area contributed by atoms with Gasteiger partial charge in [0.15, 0.2) is 5.96 Å². The van der Waals surface area contributed by atoms with Crippen molar-refractivity contribution < 1.29 is 0 Å². The van der Waals surface area contributed by atoms with Gasteiger partial charge in [-0.1, -0.05) is 19.1 Å². The molecule has 1 aliphatic rings. The Bertz CT molecular complexity index is 476. The number of nitrogens with zero attached hydrogens (tertiary/aromatic N) is 3. The average Bonchev–Trinajstić information content (AvgIpc) is 2.52. The van der Waals surface area contributed by atoms with Crippen LogP contribution in [0.3, 0.4) is 0 Å². The monoisotopic (exact) mass is 430 g/mol. The van der Waals surface area contributed by atoms with Crippen molar-refractivity contribution in [3.05, 3.63) is 29.8 Å². The molecule has 0 saturated carbocycles. The van der Waals surface area contributed by atoms with Crippen molar-refractivity contribution in [1.29, 1.82) is 0 Å². The van der Waals surface area contributed by atoms with Crippen LogP contribution in [0.5, 0.6) is 0 Å². The summed E-state index contributed by atoms with van der Waals surface area (Å²) < 4.78 is 0. The first-order valence-electron chi connectivity index (χ1n) is 8.37. The van der Waals surface area contributed by atoms with Crippen LogP contribution >= 0.6 is 24.0 Å². The number of hydrogen-bond donors (Lipinski definition) is 1. The largest absolute Gasteiger partial charge is 0.378 e. The lowest BCUT2D eigenvalue weighted by Crippen LogP contribution is -2.42. The van der Waals surface area contributed by atoms with Gasteiger partial charge >= 0.3 is 0 Å². The van der Waals surface area contributed by atoms with E-state index >= 15 is 0 Å². The van der Waals surface area contributed by atoms with E-state index in [4.69, 9.17) is 5.73 Å². The van der Waals surface area contributed by atoms with Gasteiger partial charge in [0.05, 0.1) is 0 Å². The number of rotatable bonds is 5. The zero-order valence-corrected chi connectivity index (χ0v) is 17.0. The van der Waals surface area contributed by atoms with Crippen LogP contribution in [-0.2, 0) is 6.42 Å². The third-order valence-electron chi connectivity index (χ3n) is 4.46. The minimum atomic E-state index is 0. The predicted molar refractivity (Wildman–Crippen MR) is 111 cm³/mol. The first kappa shape index (κ1) is 20.1. The number of piperidine rings is 1. The zero-order chi connectivity index (χ0) is 15.9. The van der Waals surface area contributed by atoms with Crippen LogP contribution in [0.2, 0.25) is 0 Å². The summed E-state index contributed by atoms with van der Waals surface area (Å²) in [6.07, 6.45) is 4.57. The lowest BCUT2D eigenvalue weighted by Gasteiger charge is -2.31. The SMILES string of the molecule is CC1CCN(C(N)=NCCCc2ccc(N(C)C)cc2)CC1.I. The van der Waals surface area contributed by atoms with E-state index in [1.54, 1.807) is 0 Å². The summed E-state index contributed by atoms with van der Waals surface area (Å²) >= 11 is 0. The van der Waals surface area contributed by atoms with Crippen LogP contribution < -0.4 is 10.6 Å². The fourth-order valence-corrected chi connectivity index (χ4v) is 2.78. The van der Waals surface area contributed by atoms with Crippen molar-refractivity contribution in [3.63, 3.8) is 0 Å². The van der Waals surface area contributed by atoms with E-state index in [-0.39, 0.29) is 24.0 Å². The van der Waals surface area contributed by atoms with Crippen molar-refractivity contribution in [3.8, 4) is 0 Å². The van der Waals surface area contributed by atoms with Crippen molar-refractivity contribution in [1.82, 2.24) is 4.90 Å². The maximum atomic E-state index is 6.10. The van der Waals surface area contributed by atoms with Crippen LogP contribution in [0.4, 0.5) is 5.69 Å². The summed E-state index contributed by atoms with van der Waals surface area (Å²) in [5, 5.41) is 0. The standard InChI is InChI=1S/C18H30N4.HI/c1-15-10-13-22(14-11-15)18(19)20-12-4-5-16-6-8-17(9-7-16)21(2)3;/h6-9,15H,4-5,10-14H2,1-3H3,(H2,19,20);1H. The van der Waals surface area contributed by atoms with Crippen molar-refractivity contribution in [2.24, 2.45) is 16.6 Å². The Morgan fingerprint density at radius 1 is 1.22 bits per heavy atom. The first-order valence-corrected chi connectivity index (χ1v) is 8.37. The lowest BCUT2D eigenvalue weighted by molar-refractivity contribution is 0.277. The third-order valence-corrected chi connectivity index (χ3v) is 4.46. The van der Waals surface area contributed by atoms with Crippen LogP contribution in [0.1, 0.15) is 31.7 Å². The predicted octanol–water partition coefficient (Wildman–Crippen LogP) is 3.35. The minimum absolute atomic E-state index is 0. The minimum Gasteiger partial charge on any atom is -0.378 e. The Kier molecular flexibility index (Phi) is 8.73. The van der Waals surface area contributed by atoms with Crippen molar-refractivity contribution in [2.45, 2.75) is 32.6 Å². The molecular formula is C18H31IN4. The second kappa shape index (κ2) is 10.0. The van der Waals surface area contributed by atoms with E-state index in [1.807, 2.05) is 0 Å². The fraction of sp³-hybridized carbons (Fsp3) is 0.611. The molecule has 23 heavy (non-hydrogen) atoms. The summed E-state index contributed by atoms with van der Waals surface area (Å²) in [7, 11) is 4.13. The van der Waals surface area contributed by atoms with E-state index in [0.29, 0.717) is 0 Å². The molecule has 4 nitrogen and oxygen atoms in total. The number of guanidine groups is 1. The summed E-state index contributed by atoms with van der Waals surface area (Å²) in [6, 6.07) is 8.74. The molecule has 130 valence electrons. The Labute approximate surface area is 158 Å². The second-order valence-corrected chi connectivity index (χ2v) is 6.57. The number of nitrogens with two attached hydrogens (primary N) is 1. The Morgan fingerprint density at radius 3 is 2.39 bits per heavy atom. The number of likely N-dealkylation sites (tertiary alicyclic amines) is 1. The Hall–Kier alpha value is -0.980.